The van der Waals surface area contributed by atoms with Gasteiger partial charge in [-0.2, -0.15) is 0 Å². The fourth-order valence-electron chi connectivity index (χ4n) is 8.29. The average Bonchev–Trinajstić information content (AvgIpc) is 3.26. The second-order valence-electron chi connectivity index (χ2n) is 13.3. The molecule has 2 aromatic rings. The Morgan fingerprint density at radius 1 is 1.07 bits per heavy atom. The summed E-state index contributed by atoms with van der Waals surface area (Å²) in [4.78, 5) is 15.8. The Morgan fingerprint density at radius 3 is 2.74 bits per heavy atom. The minimum absolute atomic E-state index is 0.0783. The van der Waals surface area contributed by atoms with E-state index in [2.05, 4.69) is 21.8 Å². The van der Waals surface area contributed by atoms with Crippen molar-refractivity contribution in [3.63, 3.8) is 0 Å². The van der Waals surface area contributed by atoms with Gasteiger partial charge in [-0.1, -0.05) is 29.8 Å². The van der Waals surface area contributed by atoms with Gasteiger partial charge in [0.15, 0.2) is 0 Å². The second kappa shape index (κ2) is 11.1. The first kappa shape index (κ1) is 29.1. The number of ether oxygens (including phenoxy) is 1. The zero-order chi connectivity index (χ0) is 29.9. The highest BCUT2D eigenvalue weighted by atomic mass is 35.5. The number of sulfonamides is 1. The molecular formula is C33H39ClN2O6S. The van der Waals surface area contributed by atoms with E-state index in [4.69, 9.17) is 16.3 Å². The van der Waals surface area contributed by atoms with Crippen molar-refractivity contribution < 1.29 is 28.2 Å². The zero-order valence-electron chi connectivity index (χ0n) is 24.1. The van der Waals surface area contributed by atoms with Gasteiger partial charge in [-0.05, 0) is 111 Å². The maximum Gasteiger partial charge on any atom is 0.264 e. The van der Waals surface area contributed by atoms with Crippen LogP contribution in [0.15, 0.2) is 48.6 Å². The van der Waals surface area contributed by atoms with E-state index in [1.54, 1.807) is 24.3 Å². The standard InChI is InChI=1S/C33H39ClN2O6S/c34-24-8-10-27-20(13-24)4-2-12-33(27)18-36-17-23-6-9-26(23)29(38)5-1-3-21-14-25(37)16-31(21)43(40,41)35-32(39)22-7-11-30(42-19-33)28(36)15-22/h1,5,7-8,10-11,13,15,21,23,25-26,29,31,37-38H,2-4,6,9,12,14,16-19H2,(H,35,39)/b5-1+/t21-,23+,25-,26-,29+,31?,33+/m1/s1. The summed E-state index contributed by atoms with van der Waals surface area (Å²) in [6.07, 6.45) is 7.96. The van der Waals surface area contributed by atoms with Crippen molar-refractivity contribution in [3.8, 4) is 5.75 Å². The summed E-state index contributed by atoms with van der Waals surface area (Å²) < 4.78 is 35.7. The predicted octanol–water partition coefficient (Wildman–Crippen LogP) is 4.36. The number of anilines is 1. The highest BCUT2D eigenvalue weighted by molar-refractivity contribution is 7.90. The normalized spacial score (nSPS) is 35.8. The maximum absolute atomic E-state index is 13.5. The van der Waals surface area contributed by atoms with Crippen molar-refractivity contribution in [2.45, 2.75) is 74.2 Å². The van der Waals surface area contributed by atoms with Gasteiger partial charge in [-0.15, -0.1) is 0 Å². The fraction of sp³-hybridized carbons (Fsp3) is 0.545. The Morgan fingerprint density at radius 2 is 1.93 bits per heavy atom. The van der Waals surface area contributed by atoms with Crippen LogP contribution < -0.4 is 14.4 Å². The van der Waals surface area contributed by atoms with Gasteiger partial charge in [0.1, 0.15) is 5.75 Å². The lowest BCUT2D eigenvalue weighted by Crippen LogP contribution is -2.49. The molecule has 5 aliphatic rings. The number of amides is 1. The third kappa shape index (κ3) is 5.36. The summed E-state index contributed by atoms with van der Waals surface area (Å²) in [5.74, 6) is -0.0183. The Labute approximate surface area is 258 Å². The SMILES string of the molecule is O=C1NS(=O)(=O)C2C[C@H](O)C[C@H]2C/C=C/[C@H](O)[C@@H]2CC[C@H]2CN2C[C@@]3(CCCc4cc(Cl)ccc43)COc3ccc1cc32. The third-order valence-electron chi connectivity index (χ3n) is 10.7. The lowest BCUT2D eigenvalue weighted by molar-refractivity contribution is 0.0455. The third-order valence-corrected chi connectivity index (χ3v) is 12.8. The molecule has 7 atom stereocenters. The molecule has 230 valence electrons. The van der Waals surface area contributed by atoms with Gasteiger partial charge in [0, 0.05) is 29.1 Å². The largest absolute Gasteiger partial charge is 0.490 e. The van der Waals surface area contributed by atoms with Crippen molar-refractivity contribution in [2.24, 2.45) is 17.8 Å². The number of carbonyl (C=O) groups excluding carboxylic acids is 1. The number of benzene rings is 2. The van der Waals surface area contributed by atoms with E-state index in [1.807, 2.05) is 12.1 Å². The average molecular weight is 627 g/mol. The molecule has 2 aromatic carbocycles. The van der Waals surface area contributed by atoms with Gasteiger partial charge in [-0.3, -0.25) is 4.79 Å². The molecule has 0 radical (unpaired) electrons. The summed E-state index contributed by atoms with van der Waals surface area (Å²) in [7, 11) is -4.05. The van der Waals surface area contributed by atoms with Crippen molar-refractivity contribution in [1.82, 2.24) is 4.72 Å². The number of aliphatic hydroxyl groups is 2. The molecule has 3 aliphatic carbocycles. The van der Waals surface area contributed by atoms with Crippen LogP contribution in [0.25, 0.3) is 0 Å². The first-order chi connectivity index (χ1) is 20.6. The van der Waals surface area contributed by atoms with Crippen LogP contribution in [-0.2, 0) is 21.9 Å². The van der Waals surface area contributed by atoms with Crippen LogP contribution in [0.2, 0.25) is 5.02 Å². The van der Waals surface area contributed by atoms with Gasteiger partial charge in [0.2, 0.25) is 10.0 Å². The van der Waals surface area contributed by atoms with Crippen LogP contribution in [0.4, 0.5) is 5.69 Å². The predicted molar refractivity (Wildman–Crippen MR) is 165 cm³/mol. The van der Waals surface area contributed by atoms with E-state index < -0.39 is 33.4 Å². The number of fused-ring (bicyclic) bond motifs is 5. The topological polar surface area (TPSA) is 116 Å². The minimum Gasteiger partial charge on any atom is -0.490 e. The quantitative estimate of drug-likeness (QED) is 0.372. The molecule has 2 aliphatic heterocycles. The molecule has 7 rings (SSSR count). The van der Waals surface area contributed by atoms with Crippen LogP contribution in [0, 0.1) is 17.8 Å². The van der Waals surface area contributed by atoms with E-state index in [0.29, 0.717) is 38.3 Å². The molecule has 2 bridgehead atoms. The smallest absolute Gasteiger partial charge is 0.264 e. The zero-order valence-corrected chi connectivity index (χ0v) is 25.7. The fourth-order valence-corrected chi connectivity index (χ4v) is 10.2. The van der Waals surface area contributed by atoms with Crippen LogP contribution >= 0.6 is 11.6 Å². The van der Waals surface area contributed by atoms with E-state index in [9.17, 15) is 23.4 Å². The first-order valence-electron chi connectivity index (χ1n) is 15.5. The number of carbonyl (C=O) groups is 1. The van der Waals surface area contributed by atoms with Gasteiger partial charge >= 0.3 is 0 Å². The molecule has 8 nitrogen and oxygen atoms in total. The van der Waals surface area contributed by atoms with Gasteiger partial charge < -0.3 is 19.8 Å². The molecule has 2 heterocycles. The first-order valence-corrected chi connectivity index (χ1v) is 17.4. The van der Waals surface area contributed by atoms with Gasteiger partial charge in [-0.25, -0.2) is 13.1 Å². The van der Waals surface area contributed by atoms with Crippen molar-refractivity contribution in [3.05, 3.63) is 70.3 Å². The summed E-state index contributed by atoms with van der Waals surface area (Å²) in [5, 5.41) is 21.4. The highest BCUT2D eigenvalue weighted by Crippen LogP contribution is 2.47. The monoisotopic (exact) mass is 626 g/mol. The molecule has 1 spiro atoms. The Bertz CT molecular complexity index is 1560. The number of rotatable bonds is 0. The van der Waals surface area contributed by atoms with E-state index in [1.165, 1.54) is 11.1 Å². The molecule has 43 heavy (non-hydrogen) atoms. The molecule has 1 amide bonds. The van der Waals surface area contributed by atoms with Gasteiger partial charge in [0.25, 0.3) is 5.91 Å². The lowest BCUT2D eigenvalue weighted by Gasteiger charge is -2.45. The van der Waals surface area contributed by atoms with E-state index in [0.717, 1.165) is 42.8 Å². The number of hydrogen-bond acceptors (Lipinski definition) is 7. The number of allylic oxidation sites excluding steroid dienone is 1. The van der Waals surface area contributed by atoms with Crippen LogP contribution in [0.3, 0.4) is 0 Å². The number of aryl methyl sites for hydroxylation is 1. The second-order valence-corrected chi connectivity index (χ2v) is 15.7. The number of hydrogen-bond donors (Lipinski definition) is 3. The number of nitrogens with zero attached hydrogens (tertiary/aromatic N) is 1. The summed E-state index contributed by atoms with van der Waals surface area (Å²) in [5.41, 5.74) is 3.22. The minimum atomic E-state index is -4.05. The summed E-state index contributed by atoms with van der Waals surface area (Å²) in [6, 6.07) is 11.3. The van der Waals surface area contributed by atoms with Crippen LogP contribution in [0.5, 0.6) is 5.75 Å². The van der Waals surface area contributed by atoms with E-state index >= 15 is 0 Å². The molecule has 0 saturated heterocycles. The molecule has 2 fully saturated rings. The number of halogens is 1. The van der Waals surface area contributed by atoms with Gasteiger partial charge in [0.05, 0.1) is 29.8 Å². The Hall–Kier alpha value is -2.59. The molecule has 2 saturated carbocycles. The summed E-state index contributed by atoms with van der Waals surface area (Å²) >= 11 is 6.38. The van der Waals surface area contributed by atoms with Crippen LogP contribution in [-0.4, -0.2) is 61.7 Å². The number of nitrogens with one attached hydrogen (secondary N) is 1. The van der Waals surface area contributed by atoms with Crippen LogP contribution in [0.1, 0.15) is 66.4 Å². The molecule has 10 heteroatoms. The Kier molecular flexibility index (Phi) is 7.51. The van der Waals surface area contributed by atoms with Crippen molar-refractivity contribution >= 4 is 33.2 Å². The number of aliphatic hydroxyl groups excluding tert-OH is 2. The molecule has 1 unspecified atom stereocenters. The maximum atomic E-state index is 13.5. The summed E-state index contributed by atoms with van der Waals surface area (Å²) in [6.45, 7) is 1.85. The highest BCUT2D eigenvalue weighted by Gasteiger charge is 2.45. The van der Waals surface area contributed by atoms with E-state index in [-0.39, 0.29) is 35.2 Å². The van der Waals surface area contributed by atoms with Crippen molar-refractivity contribution in [2.75, 3.05) is 24.6 Å². The molecular weight excluding hydrogens is 588 g/mol. The molecule has 3 N–H and O–H groups in total. The van der Waals surface area contributed by atoms with Crippen molar-refractivity contribution in [1.29, 1.82) is 0 Å². The lowest BCUT2D eigenvalue weighted by atomic mass is 9.68. The Balaban J connectivity index is 1.29. The molecule has 0 aromatic heterocycles.